The number of aromatic nitrogens is 2. The van der Waals surface area contributed by atoms with Gasteiger partial charge in [-0.3, -0.25) is 9.36 Å². The summed E-state index contributed by atoms with van der Waals surface area (Å²) in [6.45, 7) is 0.685. The molecule has 20 heavy (non-hydrogen) atoms. The summed E-state index contributed by atoms with van der Waals surface area (Å²) >= 11 is 0. The predicted octanol–water partition coefficient (Wildman–Crippen LogP) is -1.93. The van der Waals surface area contributed by atoms with E-state index < -0.39 is 21.3 Å². The van der Waals surface area contributed by atoms with Crippen molar-refractivity contribution in [3.05, 3.63) is 27.0 Å². The van der Waals surface area contributed by atoms with Crippen LogP contribution in [-0.2, 0) is 24.1 Å². The minimum atomic E-state index is -3.87. The molecule has 1 N–H and O–H groups in total. The van der Waals surface area contributed by atoms with Gasteiger partial charge in [0.05, 0.1) is 0 Å². The lowest BCUT2D eigenvalue weighted by Crippen LogP contribution is -2.42. The van der Waals surface area contributed by atoms with Crippen molar-refractivity contribution in [2.75, 3.05) is 20.1 Å². The van der Waals surface area contributed by atoms with E-state index in [1.807, 2.05) is 0 Å². The molecule has 0 spiro atoms. The van der Waals surface area contributed by atoms with Gasteiger partial charge in [0.25, 0.3) is 5.56 Å². The van der Waals surface area contributed by atoms with Crippen LogP contribution < -0.4 is 16.6 Å². The Labute approximate surface area is 116 Å². The largest absolute Gasteiger partial charge is 0.330 e. The highest BCUT2D eigenvalue weighted by atomic mass is 32.2. The molecule has 1 atom stereocenters. The molecule has 1 saturated heterocycles. The van der Waals surface area contributed by atoms with E-state index in [4.69, 9.17) is 0 Å². The van der Waals surface area contributed by atoms with Crippen LogP contribution in [0.2, 0.25) is 0 Å². The van der Waals surface area contributed by atoms with Crippen molar-refractivity contribution < 1.29 is 8.42 Å². The van der Waals surface area contributed by atoms with Crippen LogP contribution in [-0.4, -0.2) is 48.0 Å². The fraction of sp³-hybridized carbons (Fsp3) is 0.636. The minimum Gasteiger partial charge on any atom is -0.316 e. The minimum absolute atomic E-state index is 0.0844. The molecule has 0 aromatic carbocycles. The highest BCUT2D eigenvalue weighted by molar-refractivity contribution is 7.89. The Bertz CT molecular complexity index is 734. The van der Waals surface area contributed by atoms with E-state index in [-0.39, 0.29) is 10.9 Å². The number of likely N-dealkylation sites (N-methyl/N-ethyl adjacent to an activating group) is 1. The molecule has 2 heterocycles. The molecule has 1 unspecified atom stereocenters. The van der Waals surface area contributed by atoms with Gasteiger partial charge in [-0.05, 0) is 13.5 Å². The molecule has 1 aromatic heterocycles. The van der Waals surface area contributed by atoms with Gasteiger partial charge in [-0.15, -0.1) is 0 Å². The number of sulfonamides is 1. The fourth-order valence-corrected chi connectivity index (χ4v) is 3.92. The van der Waals surface area contributed by atoms with Crippen LogP contribution >= 0.6 is 0 Å². The first kappa shape index (κ1) is 14.9. The van der Waals surface area contributed by atoms with Crippen molar-refractivity contribution >= 4 is 10.0 Å². The molecule has 0 amide bonds. The molecule has 0 aliphatic carbocycles. The van der Waals surface area contributed by atoms with Gasteiger partial charge in [-0.1, -0.05) is 0 Å². The van der Waals surface area contributed by atoms with E-state index in [2.05, 4.69) is 5.32 Å². The maximum atomic E-state index is 12.5. The van der Waals surface area contributed by atoms with E-state index >= 15 is 0 Å². The van der Waals surface area contributed by atoms with Crippen molar-refractivity contribution in [1.29, 1.82) is 0 Å². The van der Waals surface area contributed by atoms with Gasteiger partial charge in [0, 0.05) is 39.4 Å². The number of hydrogen-bond donors (Lipinski definition) is 1. The van der Waals surface area contributed by atoms with Crippen molar-refractivity contribution in [2.45, 2.75) is 17.4 Å². The first-order valence-corrected chi connectivity index (χ1v) is 7.67. The number of nitrogens with zero attached hydrogens (tertiary/aromatic N) is 3. The summed E-state index contributed by atoms with van der Waals surface area (Å²) in [7, 11) is 0.582. The van der Waals surface area contributed by atoms with Crippen molar-refractivity contribution in [3.63, 3.8) is 0 Å². The van der Waals surface area contributed by atoms with Crippen LogP contribution in [0.4, 0.5) is 0 Å². The molecule has 2 rings (SSSR count). The molecule has 112 valence electrons. The standard InChI is InChI=1S/C11H18N4O4S/c1-12-8-4-5-15(6-8)20(18,19)9-7-13(2)11(17)14(3)10(9)16/h7-8,12H,4-6H2,1-3H3. The average Bonchev–Trinajstić information content (AvgIpc) is 2.90. The summed E-state index contributed by atoms with van der Waals surface area (Å²) in [6, 6.07) is 0.0844. The van der Waals surface area contributed by atoms with Crippen LogP contribution in [0.15, 0.2) is 20.7 Å². The SMILES string of the molecule is CNC1CCN(S(=O)(=O)c2cn(C)c(=O)n(C)c2=O)C1. The second-order valence-electron chi connectivity index (χ2n) is 4.89. The van der Waals surface area contributed by atoms with Crippen molar-refractivity contribution in [2.24, 2.45) is 14.1 Å². The van der Waals surface area contributed by atoms with Crippen molar-refractivity contribution in [1.82, 2.24) is 18.8 Å². The van der Waals surface area contributed by atoms with Crippen LogP contribution in [0.25, 0.3) is 0 Å². The summed E-state index contributed by atoms with van der Waals surface area (Å²) in [5.74, 6) is 0. The van der Waals surface area contributed by atoms with Crippen LogP contribution in [0, 0.1) is 0 Å². The molecule has 0 radical (unpaired) electrons. The quantitative estimate of drug-likeness (QED) is 0.701. The van der Waals surface area contributed by atoms with E-state index in [1.54, 1.807) is 7.05 Å². The lowest BCUT2D eigenvalue weighted by Gasteiger charge is -2.17. The van der Waals surface area contributed by atoms with E-state index in [1.165, 1.54) is 18.4 Å². The third kappa shape index (κ3) is 2.32. The normalized spacial score (nSPS) is 20.4. The zero-order valence-corrected chi connectivity index (χ0v) is 12.5. The molecule has 1 aromatic rings. The van der Waals surface area contributed by atoms with Gasteiger partial charge in [0.15, 0.2) is 4.90 Å². The molecular formula is C11H18N4O4S. The Morgan fingerprint density at radius 3 is 2.50 bits per heavy atom. The molecule has 8 nitrogen and oxygen atoms in total. The third-order valence-corrected chi connectivity index (χ3v) is 5.44. The summed E-state index contributed by atoms with van der Waals surface area (Å²) in [5.41, 5.74) is -1.34. The van der Waals surface area contributed by atoms with Crippen molar-refractivity contribution in [3.8, 4) is 0 Å². The maximum absolute atomic E-state index is 12.5. The van der Waals surface area contributed by atoms with Crippen LogP contribution in [0.5, 0.6) is 0 Å². The van der Waals surface area contributed by atoms with E-state index in [0.717, 1.165) is 15.3 Å². The molecule has 0 bridgehead atoms. The second-order valence-corrected chi connectivity index (χ2v) is 6.79. The Hall–Kier alpha value is -1.45. The summed E-state index contributed by atoms with van der Waals surface area (Å²) in [4.78, 5) is 23.3. The molecule has 1 aliphatic rings. The first-order valence-electron chi connectivity index (χ1n) is 6.23. The van der Waals surface area contributed by atoms with Gasteiger partial charge >= 0.3 is 5.69 Å². The molecular weight excluding hydrogens is 284 g/mol. The number of aryl methyl sites for hydroxylation is 1. The lowest BCUT2D eigenvalue weighted by atomic mass is 10.3. The Morgan fingerprint density at radius 1 is 1.30 bits per heavy atom. The van der Waals surface area contributed by atoms with Crippen LogP contribution in [0.3, 0.4) is 0 Å². The average molecular weight is 302 g/mol. The van der Waals surface area contributed by atoms with E-state index in [0.29, 0.717) is 19.5 Å². The maximum Gasteiger partial charge on any atom is 0.330 e. The first-order chi connectivity index (χ1) is 9.28. The summed E-state index contributed by atoms with van der Waals surface area (Å²) in [5, 5.41) is 3.02. The zero-order chi connectivity index (χ0) is 15.1. The zero-order valence-electron chi connectivity index (χ0n) is 11.7. The highest BCUT2D eigenvalue weighted by Gasteiger charge is 2.34. The summed E-state index contributed by atoms with van der Waals surface area (Å²) in [6.07, 6.45) is 1.79. The molecule has 9 heteroatoms. The van der Waals surface area contributed by atoms with E-state index in [9.17, 15) is 18.0 Å². The Balaban J connectivity index is 2.52. The van der Waals surface area contributed by atoms with Gasteiger partial charge in [-0.2, -0.15) is 4.31 Å². The second kappa shape index (κ2) is 5.15. The lowest BCUT2D eigenvalue weighted by molar-refractivity contribution is 0.461. The van der Waals surface area contributed by atoms with Gasteiger partial charge in [-0.25, -0.2) is 13.2 Å². The molecule has 0 saturated carbocycles. The Kier molecular flexibility index (Phi) is 3.85. The van der Waals surface area contributed by atoms with Crippen LogP contribution in [0.1, 0.15) is 6.42 Å². The number of nitrogens with one attached hydrogen (secondary N) is 1. The van der Waals surface area contributed by atoms with Gasteiger partial charge in [0.1, 0.15) is 0 Å². The Morgan fingerprint density at radius 2 is 1.95 bits per heavy atom. The molecule has 1 aliphatic heterocycles. The third-order valence-electron chi connectivity index (χ3n) is 3.59. The predicted molar refractivity (Wildman–Crippen MR) is 73.1 cm³/mol. The van der Waals surface area contributed by atoms with Gasteiger partial charge < -0.3 is 9.88 Å². The molecule has 1 fully saturated rings. The number of hydrogen-bond acceptors (Lipinski definition) is 5. The topological polar surface area (TPSA) is 93.4 Å². The smallest absolute Gasteiger partial charge is 0.316 e. The highest BCUT2D eigenvalue weighted by Crippen LogP contribution is 2.18. The monoisotopic (exact) mass is 302 g/mol. The summed E-state index contributed by atoms with van der Waals surface area (Å²) < 4.78 is 28.2. The fourth-order valence-electron chi connectivity index (χ4n) is 2.27. The van der Waals surface area contributed by atoms with Gasteiger partial charge in [0.2, 0.25) is 10.0 Å². The number of rotatable bonds is 3.